The van der Waals surface area contributed by atoms with E-state index in [1.807, 2.05) is 6.92 Å². The molecule has 0 fully saturated rings. The number of hydrogen-bond acceptors (Lipinski definition) is 4. The van der Waals surface area contributed by atoms with Gasteiger partial charge in [0, 0.05) is 0 Å². The lowest BCUT2D eigenvalue weighted by molar-refractivity contribution is -0.148. The molecule has 0 saturated carbocycles. The summed E-state index contributed by atoms with van der Waals surface area (Å²) in [6, 6.07) is 8.48. The fourth-order valence-corrected chi connectivity index (χ4v) is 3.06. The SMILES string of the molecule is CC(C)=CCCC(C)CCOC(=O)CCC(=O)OC=C(C)Cc1ccc(C(C)C)cc1. The molecule has 31 heavy (non-hydrogen) atoms. The topological polar surface area (TPSA) is 52.6 Å². The molecular formula is C27H40O4. The van der Waals surface area contributed by atoms with Gasteiger partial charge in [-0.25, -0.2) is 0 Å². The summed E-state index contributed by atoms with van der Waals surface area (Å²) in [5, 5.41) is 0. The van der Waals surface area contributed by atoms with E-state index in [1.54, 1.807) is 0 Å². The van der Waals surface area contributed by atoms with Crippen LogP contribution in [0.1, 0.15) is 90.7 Å². The van der Waals surface area contributed by atoms with Crippen LogP contribution in [0, 0.1) is 5.92 Å². The lowest BCUT2D eigenvalue weighted by atomic mass is 9.99. The Kier molecular flexibility index (Phi) is 12.6. The number of carbonyl (C=O) groups is 2. The van der Waals surface area contributed by atoms with Crippen LogP contribution in [0.3, 0.4) is 0 Å². The van der Waals surface area contributed by atoms with Crippen molar-refractivity contribution in [3.05, 3.63) is 58.9 Å². The number of hydrogen-bond donors (Lipinski definition) is 0. The van der Waals surface area contributed by atoms with Crippen molar-refractivity contribution in [1.29, 1.82) is 0 Å². The van der Waals surface area contributed by atoms with E-state index in [4.69, 9.17) is 9.47 Å². The van der Waals surface area contributed by atoms with Gasteiger partial charge < -0.3 is 9.47 Å². The van der Waals surface area contributed by atoms with Gasteiger partial charge in [0.15, 0.2) is 0 Å². The molecule has 0 N–H and O–H groups in total. The molecule has 1 aromatic rings. The van der Waals surface area contributed by atoms with E-state index in [1.165, 1.54) is 23.0 Å². The van der Waals surface area contributed by atoms with Crippen molar-refractivity contribution in [1.82, 2.24) is 0 Å². The Morgan fingerprint density at radius 3 is 2.19 bits per heavy atom. The van der Waals surface area contributed by atoms with Crippen LogP contribution in [0.25, 0.3) is 0 Å². The predicted molar refractivity (Wildman–Crippen MR) is 127 cm³/mol. The minimum Gasteiger partial charge on any atom is -0.466 e. The van der Waals surface area contributed by atoms with Gasteiger partial charge in [0.1, 0.15) is 0 Å². The van der Waals surface area contributed by atoms with Crippen molar-refractivity contribution in [2.75, 3.05) is 6.61 Å². The molecule has 1 unspecified atom stereocenters. The Morgan fingerprint density at radius 2 is 1.58 bits per heavy atom. The summed E-state index contributed by atoms with van der Waals surface area (Å²) in [4.78, 5) is 23.7. The fraction of sp³-hybridized carbons (Fsp3) is 0.556. The molecule has 0 bridgehead atoms. The van der Waals surface area contributed by atoms with Crippen molar-refractivity contribution >= 4 is 11.9 Å². The van der Waals surface area contributed by atoms with Crippen LogP contribution >= 0.6 is 0 Å². The fourth-order valence-electron chi connectivity index (χ4n) is 3.06. The standard InChI is InChI=1S/C27H40O4/c1-20(2)8-7-9-22(5)16-17-30-26(28)14-15-27(29)31-19-23(6)18-24-10-12-25(13-11-24)21(3)4/h8,10-13,19,21-22H,7,9,14-18H2,1-6H3. The van der Waals surface area contributed by atoms with Crippen molar-refractivity contribution in [3.63, 3.8) is 0 Å². The highest BCUT2D eigenvalue weighted by molar-refractivity contribution is 5.77. The molecule has 0 aromatic heterocycles. The van der Waals surface area contributed by atoms with E-state index >= 15 is 0 Å². The van der Waals surface area contributed by atoms with Gasteiger partial charge in [0.2, 0.25) is 0 Å². The first kappa shape index (κ1) is 26.7. The zero-order chi connectivity index (χ0) is 23.2. The molecule has 0 aliphatic heterocycles. The maximum atomic E-state index is 11.9. The minimum atomic E-state index is -0.415. The normalized spacial score (nSPS) is 12.4. The number of allylic oxidation sites excluding steroid dienone is 3. The second-order valence-electron chi connectivity index (χ2n) is 9.00. The van der Waals surface area contributed by atoms with Gasteiger partial charge in [-0.3, -0.25) is 9.59 Å². The maximum Gasteiger partial charge on any atom is 0.311 e. The molecule has 0 aliphatic rings. The van der Waals surface area contributed by atoms with E-state index in [0.717, 1.165) is 31.3 Å². The van der Waals surface area contributed by atoms with Gasteiger partial charge in [-0.15, -0.1) is 0 Å². The lowest BCUT2D eigenvalue weighted by Crippen LogP contribution is -2.11. The molecule has 1 aromatic carbocycles. The quantitative estimate of drug-likeness (QED) is 0.195. The van der Waals surface area contributed by atoms with E-state index in [2.05, 4.69) is 65.0 Å². The largest absolute Gasteiger partial charge is 0.466 e. The van der Waals surface area contributed by atoms with Crippen molar-refractivity contribution in [2.24, 2.45) is 5.92 Å². The Morgan fingerprint density at radius 1 is 0.935 bits per heavy atom. The van der Waals surface area contributed by atoms with Crippen LogP contribution in [-0.2, 0) is 25.5 Å². The van der Waals surface area contributed by atoms with Gasteiger partial charge in [0.05, 0.1) is 25.7 Å². The highest BCUT2D eigenvalue weighted by Gasteiger charge is 2.10. The number of carbonyl (C=O) groups excluding carboxylic acids is 2. The molecule has 0 aliphatic carbocycles. The number of rotatable bonds is 13. The summed E-state index contributed by atoms with van der Waals surface area (Å²) in [5.41, 5.74) is 4.76. The third kappa shape index (κ3) is 12.8. The second kappa shape index (κ2) is 14.6. The van der Waals surface area contributed by atoms with Crippen molar-refractivity contribution in [3.8, 4) is 0 Å². The van der Waals surface area contributed by atoms with E-state index in [0.29, 0.717) is 18.4 Å². The Labute approximate surface area is 188 Å². The van der Waals surface area contributed by atoms with Gasteiger partial charge in [-0.1, -0.05) is 56.7 Å². The third-order valence-corrected chi connectivity index (χ3v) is 5.14. The summed E-state index contributed by atoms with van der Waals surface area (Å²) in [6.45, 7) is 13.0. The molecule has 4 nitrogen and oxygen atoms in total. The molecule has 4 heteroatoms. The van der Waals surface area contributed by atoms with Crippen LogP contribution in [0.15, 0.2) is 47.7 Å². The summed E-state index contributed by atoms with van der Waals surface area (Å²) in [6.07, 6.45) is 7.50. The molecule has 172 valence electrons. The molecule has 0 spiro atoms. The van der Waals surface area contributed by atoms with E-state index in [9.17, 15) is 9.59 Å². The van der Waals surface area contributed by atoms with Crippen LogP contribution in [0.4, 0.5) is 0 Å². The summed E-state index contributed by atoms with van der Waals surface area (Å²) in [7, 11) is 0. The zero-order valence-electron chi connectivity index (χ0n) is 20.2. The molecule has 1 rings (SSSR count). The van der Waals surface area contributed by atoms with Gasteiger partial charge >= 0.3 is 11.9 Å². The number of benzene rings is 1. The highest BCUT2D eigenvalue weighted by atomic mass is 16.5. The van der Waals surface area contributed by atoms with E-state index in [-0.39, 0.29) is 18.8 Å². The van der Waals surface area contributed by atoms with Crippen LogP contribution < -0.4 is 0 Å². The lowest BCUT2D eigenvalue weighted by Gasteiger charge is -2.10. The van der Waals surface area contributed by atoms with Crippen LogP contribution in [0.5, 0.6) is 0 Å². The summed E-state index contributed by atoms with van der Waals surface area (Å²) < 4.78 is 10.4. The first-order valence-corrected chi connectivity index (χ1v) is 11.4. The molecular weight excluding hydrogens is 388 g/mol. The predicted octanol–water partition coefficient (Wildman–Crippen LogP) is 6.90. The Balaban J connectivity index is 2.23. The van der Waals surface area contributed by atoms with Crippen molar-refractivity contribution in [2.45, 2.75) is 86.0 Å². The summed E-state index contributed by atoms with van der Waals surface area (Å²) >= 11 is 0. The third-order valence-electron chi connectivity index (χ3n) is 5.14. The molecule has 0 radical (unpaired) electrons. The van der Waals surface area contributed by atoms with E-state index < -0.39 is 5.97 Å². The first-order chi connectivity index (χ1) is 14.7. The molecule has 0 heterocycles. The average Bonchev–Trinajstić information content (AvgIpc) is 2.70. The number of esters is 2. The maximum absolute atomic E-state index is 11.9. The monoisotopic (exact) mass is 428 g/mol. The van der Waals surface area contributed by atoms with Gasteiger partial charge in [0.25, 0.3) is 0 Å². The Hall–Kier alpha value is -2.36. The Bertz CT molecular complexity index is 737. The first-order valence-electron chi connectivity index (χ1n) is 11.4. The van der Waals surface area contributed by atoms with Crippen molar-refractivity contribution < 1.29 is 19.1 Å². The number of ether oxygens (including phenoxy) is 2. The molecule has 0 amide bonds. The minimum absolute atomic E-state index is 0.0296. The molecule has 1 atom stereocenters. The summed E-state index contributed by atoms with van der Waals surface area (Å²) in [5.74, 6) is 0.248. The zero-order valence-corrected chi connectivity index (χ0v) is 20.2. The highest BCUT2D eigenvalue weighted by Crippen LogP contribution is 2.16. The van der Waals surface area contributed by atoms with Crippen LogP contribution in [-0.4, -0.2) is 18.5 Å². The average molecular weight is 429 g/mol. The van der Waals surface area contributed by atoms with Gasteiger partial charge in [-0.05, 0) is 75.0 Å². The second-order valence-corrected chi connectivity index (χ2v) is 9.00. The molecule has 0 saturated heterocycles. The van der Waals surface area contributed by atoms with Crippen LogP contribution in [0.2, 0.25) is 0 Å². The van der Waals surface area contributed by atoms with Gasteiger partial charge in [-0.2, -0.15) is 0 Å². The smallest absolute Gasteiger partial charge is 0.311 e.